The van der Waals surface area contributed by atoms with Crippen molar-refractivity contribution in [2.24, 2.45) is 18.7 Å². The molecule has 1 saturated carbocycles. The lowest BCUT2D eigenvalue weighted by molar-refractivity contribution is -0.123. The molecule has 3 aromatic heterocycles. The number of methoxy groups -OCH3 is 1. The molecule has 0 bridgehead atoms. The van der Waals surface area contributed by atoms with E-state index in [-0.39, 0.29) is 50.7 Å². The number of nitrogens with zero attached hydrogens (tertiary/aromatic N) is 6. The van der Waals surface area contributed by atoms with Gasteiger partial charge in [-0.1, -0.05) is 11.6 Å². The fourth-order valence-corrected chi connectivity index (χ4v) is 8.63. The molecule has 14 nitrogen and oxygen atoms in total. The molecule has 59 heavy (non-hydrogen) atoms. The number of anilines is 1. The van der Waals surface area contributed by atoms with E-state index in [1.807, 2.05) is 0 Å². The molecule has 1 amide bonds. The summed E-state index contributed by atoms with van der Waals surface area (Å²) in [4.78, 5) is 33.2. The third kappa shape index (κ3) is 6.62. The number of benzene rings is 3. The van der Waals surface area contributed by atoms with Gasteiger partial charge in [-0.2, -0.15) is 19.0 Å². The average Bonchev–Trinajstić information content (AvgIpc) is 3.43. The highest BCUT2D eigenvalue weighted by atomic mass is 35.5. The van der Waals surface area contributed by atoms with Crippen molar-refractivity contribution in [3.05, 3.63) is 104 Å². The van der Waals surface area contributed by atoms with E-state index in [9.17, 15) is 35.6 Å². The second-order valence-corrected chi connectivity index (χ2v) is 16.5. The predicted molar refractivity (Wildman–Crippen MR) is 198 cm³/mol. The number of fused-ring (bicyclic) bond motifs is 5. The highest BCUT2D eigenvalue weighted by Crippen LogP contribution is 2.69. The summed E-state index contributed by atoms with van der Waals surface area (Å²) in [6.45, 7) is -1.10. The van der Waals surface area contributed by atoms with Gasteiger partial charge in [0, 0.05) is 37.2 Å². The minimum atomic E-state index is -3.96. The first-order valence-electron chi connectivity index (χ1n) is 17.4. The fraction of sp³-hybridized carbons (Fsp3) is 0.306. The highest BCUT2D eigenvalue weighted by molar-refractivity contribution is 7.92. The number of hydrogen-bond donors (Lipinski definition) is 3. The van der Waals surface area contributed by atoms with Crippen molar-refractivity contribution in [2.75, 3.05) is 18.1 Å². The van der Waals surface area contributed by atoms with Gasteiger partial charge in [-0.15, -0.1) is 0 Å². The van der Waals surface area contributed by atoms with Crippen LogP contribution in [0.2, 0.25) is 5.02 Å². The number of ether oxygens (including phenoxy) is 1. The monoisotopic (exact) mass is 867 g/mol. The van der Waals surface area contributed by atoms with E-state index in [1.165, 1.54) is 32.4 Å². The predicted octanol–water partition coefficient (Wildman–Crippen LogP) is 5.24. The maximum atomic E-state index is 15.8. The Morgan fingerprint density at radius 2 is 1.78 bits per heavy atom. The molecule has 2 aliphatic rings. The van der Waals surface area contributed by atoms with E-state index >= 15 is 13.2 Å². The van der Waals surface area contributed by atoms with Crippen molar-refractivity contribution in [1.82, 2.24) is 34.4 Å². The summed E-state index contributed by atoms with van der Waals surface area (Å²) >= 11 is 6.53. The van der Waals surface area contributed by atoms with Crippen LogP contribution in [-0.2, 0) is 46.3 Å². The third-order valence-corrected chi connectivity index (χ3v) is 11.2. The summed E-state index contributed by atoms with van der Waals surface area (Å²) in [5.74, 6) is -10.4. The summed E-state index contributed by atoms with van der Waals surface area (Å²) < 4.78 is 139. The molecule has 0 saturated heterocycles. The van der Waals surface area contributed by atoms with E-state index in [2.05, 4.69) is 25.2 Å². The molecule has 3 aromatic carbocycles. The van der Waals surface area contributed by atoms with Crippen LogP contribution in [0.25, 0.3) is 27.5 Å². The number of amides is 1. The molecular weight excluding hydrogens is 839 g/mol. The Balaban J connectivity index is 1.35. The molecular formula is C36H29ClF7N9O5S. The second-order valence-electron chi connectivity index (χ2n) is 14.3. The number of aromatic nitrogens is 6. The summed E-state index contributed by atoms with van der Waals surface area (Å²) in [5.41, 5.74) is 0.0264. The van der Waals surface area contributed by atoms with E-state index in [0.717, 1.165) is 33.7 Å². The second kappa shape index (κ2) is 13.7. The summed E-state index contributed by atoms with van der Waals surface area (Å²) in [6.07, 6.45) is -3.33. The zero-order valence-corrected chi connectivity index (χ0v) is 32.2. The number of nitrogens with two attached hydrogens (primary N) is 1. The molecule has 1 unspecified atom stereocenters. The number of halogens is 8. The van der Waals surface area contributed by atoms with Crippen LogP contribution in [0.1, 0.15) is 47.2 Å². The Morgan fingerprint density at radius 3 is 2.42 bits per heavy atom. The normalized spacial score (nSPS) is 18.6. The van der Waals surface area contributed by atoms with Gasteiger partial charge < -0.3 is 15.8 Å². The molecule has 0 aliphatic heterocycles. The molecule has 1 fully saturated rings. The lowest BCUT2D eigenvalue weighted by Crippen LogP contribution is -2.38. The minimum Gasteiger partial charge on any atom is -0.497 e. The molecule has 0 spiro atoms. The van der Waals surface area contributed by atoms with Crippen molar-refractivity contribution in [1.29, 1.82) is 0 Å². The van der Waals surface area contributed by atoms with Crippen LogP contribution in [0.5, 0.6) is 5.75 Å². The van der Waals surface area contributed by atoms with Gasteiger partial charge in [0.15, 0.2) is 5.82 Å². The Hall–Kier alpha value is -5.74. The van der Waals surface area contributed by atoms with Gasteiger partial charge in [0.2, 0.25) is 15.9 Å². The van der Waals surface area contributed by atoms with Crippen molar-refractivity contribution in [3.63, 3.8) is 0 Å². The summed E-state index contributed by atoms with van der Waals surface area (Å²) in [6, 6.07) is 5.37. The third-order valence-electron chi connectivity index (χ3n) is 10.3. The average molecular weight is 868 g/mol. The maximum absolute atomic E-state index is 15.8. The first kappa shape index (κ1) is 40.1. The SMILES string of the molecule is COc1cc(F)c2c(=O)n(-c3ccc(Cl)c4c(NS(C)(=O)=O)nn(C)c34)c([C@H](Cc3cc(F)cc(F)c3)NC(=O)Cn3nc(C(F)F)c4c3C(F)(F)[C@@H]3CC43N)nc2c1. The van der Waals surface area contributed by atoms with Crippen LogP contribution < -0.4 is 26.1 Å². The van der Waals surface area contributed by atoms with Crippen LogP contribution >= 0.6 is 11.6 Å². The smallest absolute Gasteiger partial charge is 0.294 e. The number of alkyl halides is 4. The van der Waals surface area contributed by atoms with Crippen LogP contribution in [0.3, 0.4) is 0 Å². The molecule has 6 aromatic rings. The van der Waals surface area contributed by atoms with Crippen LogP contribution in [0.4, 0.5) is 36.6 Å². The zero-order chi connectivity index (χ0) is 42.7. The Labute approximate surface area is 332 Å². The van der Waals surface area contributed by atoms with Gasteiger partial charge in [0.05, 0.1) is 58.0 Å². The molecule has 4 N–H and O–H groups in total. The largest absolute Gasteiger partial charge is 0.497 e. The van der Waals surface area contributed by atoms with Gasteiger partial charge in [-0.3, -0.25) is 28.2 Å². The van der Waals surface area contributed by atoms with Crippen molar-refractivity contribution in [3.8, 4) is 11.4 Å². The zero-order valence-electron chi connectivity index (χ0n) is 30.6. The van der Waals surface area contributed by atoms with E-state index in [4.69, 9.17) is 22.1 Å². The lowest BCUT2D eigenvalue weighted by Gasteiger charge is -2.24. The van der Waals surface area contributed by atoms with Gasteiger partial charge in [-0.25, -0.2) is 35.4 Å². The van der Waals surface area contributed by atoms with Gasteiger partial charge in [0.25, 0.3) is 17.9 Å². The Bertz CT molecular complexity index is 2940. The first-order chi connectivity index (χ1) is 27.6. The Kier molecular flexibility index (Phi) is 9.27. The standard InChI is InChI=1S/C36H29ClF7N9O5S/c1-51-29-22(5-4-18(37)25(29)32(49-51)50-59(3,56)57)53-33(47-20-11-17(58-2)10-19(40)26(20)34(53)55)21(8-14-6-15(38)9-16(39)7-14)46-24(54)13-52-30-27(28(48-52)31(41)42)35(45)12-23(35)36(30,43)44/h4-7,9-11,21,23,31H,8,12-13,45H2,1-3H3,(H,46,54)(H,49,50)/t21-,23+,35?/m0/s1. The molecule has 23 heteroatoms. The van der Waals surface area contributed by atoms with Gasteiger partial charge >= 0.3 is 0 Å². The van der Waals surface area contributed by atoms with E-state index in [1.54, 1.807) is 0 Å². The molecule has 2 aliphatic carbocycles. The molecule has 8 rings (SSSR count). The van der Waals surface area contributed by atoms with E-state index in [0.29, 0.717) is 10.7 Å². The molecule has 3 atom stereocenters. The number of aryl methyl sites for hydroxylation is 1. The number of carbonyl (C=O) groups excluding carboxylic acids is 1. The lowest BCUT2D eigenvalue weighted by atomic mass is 10.0. The molecule has 310 valence electrons. The van der Waals surface area contributed by atoms with Crippen molar-refractivity contribution >= 4 is 55.2 Å². The molecule has 0 radical (unpaired) electrons. The Morgan fingerprint density at radius 1 is 1.08 bits per heavy atom. The number of nitrogens with one attached hydrogen (secondary N) is 2. The van der Waals surface area contributed by atoms with Crippen LogP contribution in [0, 0.1) is 23.4 Å². The summed E-state index contributed by atoms with van der Waals surface area (Å²) in [7, 11) is -1.37. The van der Waals surface area contributed by atoms with Crippen LogP contribution in [0.15, 0.2) is 47.3 Å². The fourth-order valence-electron chi connectivity index (χ4n) is 7.89. The highest BCUT2D eigenvalue weighted by Gasteiger charge is 2.75. The van der Waals surface area contributed by atoms with Gasteiger partial charge in [-0.05, 0) is 36.2 Å². The topological polar surface area (TPSA) is 181 Å². The molecule has 3 heterocycles. The quantitative estimate of drug-likeness (QED) is 0.147. The van der Waals surface area contributed by atoms with Gasteiger partial charge in [0.1, 0.15) is 52.3 Å². The van der Waals surface area contributed by atoms with Crippen molar-refractivity contribution in [2.45, 2.75) is 43.3 Å². The summed E-state index contributed by atoms with van der Waals surface area (Å²) in [5, 5.41) is 9.70. The number of hydrogen-bond acceptors (Lipinski definition) is 9. The number of rotatable bonds is 11. The van der Waals surface area contributed by atoms with Crippen molar-refractivity contribution < 1.29 is 48.7 Å². The van der Waals surface area contributed by atoms with Crippen LogP contribution in [-0.4, -0.2) is 56.8 Å². The number of carbonyl (C=O) groups is 1. The maximum Gasteiger partial charge on any atom is 0.294 e. The van der Waals surface area contributed by atoms with E-state index < -0.39 is 110 Å². The number of sulfonamides is 1. The first-order valence-corrected chi connectivity index (χ1v) is 19.6. The minimum absolute atomic E-state index is 0.0212.